The first-order valence-corrected chi connectivity index (χ1v) is 11.6. The first kappa shape index (κ1) is 27.4. The molecule has 2 atom stereocenters. The van der Waals surface area contributed by atoms with Gasteiger partial charge in [0.15, 0.2) is 6.23 Å². The van der Waals surface area contributed by atoms with Gasteiger partial charge in [-0.25, -0.2) is 0 Å². The zero-order valence-electron chi connectivity index (χ0n) is 20.6. The van der Waals surface area contributed by atoms with Crippen LogP contribution in [0.3, 0.4) is 0 Å². The van der Waals surface area contributed by atoms with Crippen molar-refractivity contribution in [2.45, 2.75) is 105 Å². The lowest BCUT2D eigenvalue weighted by molar-refractivity contribution is -0.960. The molecule has 0 aromatic heterocycles. The van der Waals surface area contributed by atoms with E-state index in [9.17, 15) is 19.8 Å². The van der Waals surface area contributed by atoms with Gasteiger partial charge in [0.25, 0.3) is 0 Å². The standard InChI is InChI=1S/C15H34N2.C8H8NO5/c1-12(2)16(13(3)4)10-9-11-17(14(5)6)15(7)8;10-2-1-4-7(8(12)13)9-5(11)3-6(9)14-4/h12-15H,9-11H2,1-8H3;1,6-7H,2-3H2,(H,12,13)/q;-1/p+1/b;4-1-/t;6-,7-/m.1/s1. The molecule has 0 aromatic rings. The van der Waals surface area contributed by atoms with Crippen LogP contribution in [0.2, 0.25) is 0 Å². The highest BCUT2D eigenvalue weighted by molar-refractivity contribution is 5.90. The summed E-state index contributed by atoms with van der Waals surface area (Å²) in [5, 5.41) is 21.0. The molecule has 2 N–H and O–H groups in total. The Bertz CT molecular complexity index is 582. The van der Waals surface area contributed by atoms with Crippen LogP contribution in [0, 0.1) is 0 Å². The Morgan fingerprint density at radius 3 is 1.81 bits per heavy atom. The van der Waals surface area contributed by atoms with Crippen LogP contribution in [0.15, 0.2) is 11.8 Å². The molecule has 2 rings (SSSR count). The van der Waals surface area contributed by atoms with Crippen LogP contribution in [0.25, 0.3) is 0 Å². The van der Waals surface area contributed by atoms with Crippen molar-refractivity contribution in [1.29, 1.82) is 0 Å². The van der Waals surface area contributed by atoms with Crippen molar-refractivity contribution in [3.8, 4) is 0 Å². The first-order valence-electron chi connectivity index (χ1n) is 11.6. The normalized spacial score (nSPS) is 21.8. The maximum absolute atomic E-state index is 11.0. The quantitative estimate of drug-likeness (QED) is 0.372. The van der Waals surface area contributed by atoms with Crippen LogP contribution in [0.1, 0.15) is 68.2 Å². The van der Waals surface area contributed by atoms with Gasteiger partial charge in [0.05, 0.1) is 49.6 Å². The second kappa shape index (κ2) is 12.4. The smallest absolute Gasteiger partial charge is 0.232 e. The summed E-state index contributed by atoms with van der Waals surface area (Å²) in [5.41, 5.74) is 0. The zero-order chi connectivity index (χ0) is 23.9. The number of carboxylic acid groups (broad SMARTS) is 1. The van der Waals surface area contributed by atoms with Crippen LogP contribution in [-0.4, -0.2) is 72.9 Å². The number of carbonyl (C=O) groups excluding carboxylic acids is 2. The maximum atomic E-state index is 11.0. The van der Waals surface area contributed by atoms with Crippen molar-refractivity contribution >= 4 is 11.9 Å². The van der Waals surface area contributed by atoms with E-state index in [4.69, 9.17) is 4.74 Å². The second-order valence-corrected chi connectivity index (χ2v) is 9.69. The molecule has 8 heteroatoms. The number of carboxylic acids is 1. The van der Waals surface area contributed by atoms with E-state index in [2.05, 4.69) is 55.4 Å². The summed E-state index contributed by atoms with van der Waals surface area (Å²) in [6.07, 6.45) is 2.10. The zero-order valence-corrected chi connectivity index (χ0v) is 20.6. The Kier molecular flexibility index (Phi) is 11.0. The average molecular weight is 442 g/mol. The van der Waals surface area contributed by atoms with Gasteiger partial charge < -0.3 is 29.5 Å². The fraction of sp³-hybridized carbons (Fsp3) is 0.826. The minimum absolute atomic E-state index is 0.0239. The van der Waals surface area contributed by atoms with Crippen LogP contribution in [0.5, 0.6) is 0 Å². The third-order valence-electron chi connectivity index (χ3n) is 6.17. The van der Waals surface area contributed by atoms with Gasteiger partial charge >= 0.3 is 0 Å². The van der Waals surface area contributed by atoms with Gasteiger partial charge in [0.1, 0.15) is 11.8 Å². The van der Waals surface area contributed by atoms with Crippen molar-refractivity contribution in [3.63, 3.8) is 0 Å². The van der Waals surface area contributed by atoms with Crippen LogP contribution in [0.4, 0.5) is 0 Å². The van der Waals surface area contributed by atoms with Gasteiger partial charge in [-0.2, -0.15) is 0 Å². The third kappa shape index (κ3) is 7.47. The van der Waals surface area contributed by atoms with E-state index in [0.717, 1.165) is 35.1 Å². The van der Waals surface area contributed by atoms with Crippen LogP contribution < -0.4 is 20.0 Å². The van der Waals surface area contributed by atoms with Crippen molar-refractivity contribution in [1.82, 2.24) is 4.90 Å². The third-order valence-corrected chi connectivity index (χ3v) is 6.17. The Balaban J connectivity index is 0.000000314. The molecule has 2 saturated heterocycles. The van der Waals surface area contributed by atoms with Gasteiger partial charge in [0, 0.05) is 6.42 Å². The number of aliphatic carboxylic acids is 1. The molecular weight excluding hydrogens is 398 g/mol. The van der Waals surface area contributed by atoms with Gasteiger partial charge in [0.2, 0.25) is 5.91 Å². The van der Waals surface area contributed by atoms with E-state index in [-0.39, 0.29) is 18.1 Å². The maximum Gasteiger partial charge on any atom is 0.232 e. The Labute approximate surface area is 187 Å². The average Bonchev–Trinajstić information content (AvgIpc) is 2.93. The van der Waals surface area contributed by atoms with Gasteiger partial charge in [-0.3, -0.25) is 9.69 Å². The number of β-lactam (4-membered cyclic amide) rings is 1. The monoisotopic (exact) mass is 441 g/mol. The fourth-order valence-corrected chi connectivity index (χ4v) is 4.62. The summed E-state index contributed by atoms with van der Waals surface area (Å²) >= 11 is 0. The number of fused-ring (bicyclic) bond motifs is 1. The summed E-state index contributed by atoms with van der Waals surface area (Å²) < 4.78 is 5.09. The van der Waals surface area contributed by atoms with E-state index in [0.29, 0.717) is 0 Å². The molecule has 180 valence electrons. The largest absolute Gasteiger partial charge is 0.851 e. The lowest BCUT2D eigenvalue weighted by atomic mass is 10.1. The highest BCUT2D eigenvalue weighted by Gasteiger charge is 2.50. The second-order valence-electron chi connectivity index (χ2n) is 9.69. The Hall–Kier alpha value is -1.64. The van der Waals surface area contributed by atoms with E-state index < -0.39 is 24.8 Å². The topological polar surface area (TPSA) is 102 Å². The summed E-state index contributed by atoms with van der Waals surface area (Å²) in [6.45, 7) is 20.8. The molecule has 0 saturated carbocycles. The predicted molar refractivity (Wildman–Crippen MR) is 115 cm³/mol. The van der Waals surface area contributed by atoms with Crippen molar-refractivity contribution in [3.05, 3.63) is 11.8 Å². The number of nitrogens with zero attached hydrogens (tertiary/aromatic N) is 1. The Morgan fingerprint density at radius 1 is 1.03 bits per heavy atom. The SMILES string of the molecule is CC(C)[NH+](CCC[NH+](C(C)C)C(C)C)C(C)C.O=C([O-])[C@H]1/C(=C/C[O-])O[C@@H]2CC(=O)N21. The molecule has 2 aliphatic rings. The van der Waals surface area contributed by atoms with Gasteiger partial charge in [-0.15, -0.1) is 6.61 Å². The molecule has 0 aliphatic carbocycles. The molecule has 1 amide bonds. The van der Waals surface area contributed by atoms with Crippen LogP contribution in [-0.2, 0) is 14.3 Å². The molecule has 0 aromatic carbocycles. The molecule has 0 spiro atoms. The number of quaternary nitrogens is 2. The molecule has 8 nitrogen and oxygen atoms in total. The lowest BCUT2D eigenvalue weighted by Crippen LogP contribution is -3.20. The van der Waals surface area contributed by atoms with E-state index in [1.165, 1.54) is 19.5 Å². The molecule has 0 unspecified atom stereocenters. The number of amides is 1. The van der Waals surface area contributed by atoms with Gasteiger partial charge in [-0.05, 0) is 55.4 Å². The van der Waals surface area contributed by atoms with E-state index in [1.54, 1.807) is 9.80 Å². The lowest BCUT2D eigenvalue weighted by Gasteiger charge is -2.35. The number of nitrogens with one attached hydrogen (secondary N) is 2. The minimum atomic E-state index is -1.42. The predicted octanol–water partition coefficient (Wildman–Crippen LogP) is -2.28. The summed E-state index contributed by atoms with van der Waals surface area (Å²) in [5.74, 6) is -1.69. The highest BCUT2D eigenvalue weighted by atomic mass is 16.5. The van der Waals surface area contributed by atoms with Crippen molar-refractivity contribution in [2.75, 3.05) is 19.7 Å². The molecule has 0 bridgehead atoms. The first-order chi connectivity index (χ1) is 14.4. The minimum Gasteiger partial charge on any atom is -0.851 e. The highest BCUT2D eigenvalue weighted by Crippen LogP contribution is 2.35. The van der Waals surface area contributed by atoms with E-state index in [1.807, 2.05) is 0 Å². The molecular formula is C23H43N3O5. The summed E-state index contributed by atoms with van der Waals surface area (Å²) in [4.78, 5) is 26.3. The fourth-order valence-electron chi connectivity index (χ4n) is 4.62. The van der Waals surface area contributed by atoms with Crippen LogP contribution >= 0.6 is 0 Å². The van der Waals surface area contributed by atoms with Crippen molar-refractivity contribution < 1.29 is 34.3 Å². The molecule has 2 aliphatic heterocycles. The summed E-state index contributed by atoms with van der Waals surface area (Å²) in [7, 11) is 0. The molecule has 2 heterocycles. The van der Waals surface area contributed by atoms with Crippen molar-refractivity contribution in [2.24, 2.45) is 0 Å². The molecule has 2 fully saturated rings. The number of ether oxygens (including phenoxy) is 1. The molecule has 0 radical (unpaired) electrons. The number of hydrogen-bond acceptors (Lipinski definition) is 5. The van der Waals surface area contributed by atoms with Gasteiger partial charge in [-0.1, -0.05) is 6.08 Å². The Morgan fingerprint density at radius 2 is 1.48 bits per heavy atom. The number of hydrogen-bond donors (Lipinski definition) is 2. The number of carbonyl (C=O) groups is 2. The number of rotatable bonds is 10. The van der Waals surface area contributed by atoms with E-state index >= 15 is 0 Å². The molecule has 31 heavy (non-hydrogen) atoms. The summed E-state index contributed by atoms with van der Waals surface area (Å²) in [6, 6.07) is 1.77.